The average molecular weight is 263 g/mol. The fourth-order valence-corrected chi connectivity index (χ4v) is 2.65. The fraction of sp³-hybridized carbons (Fsp3) is 0.643. The molecule has 0 saturated heterocycles. The molecule has 1 aromatic rings. The molecule has 104 valence electrons. The van der Waals surface area contributed by atoms with E-state index in [1.165, 1.54) is 23.2 Å². The van der Waals surface area contributed by atoms with Gasteiger partial charge in [0.05, 0.1) is 0 Å². The Morgan fingerprint density at radius 1 is 1.37 bits per heavy atom. The summed E-state index contributed by atoms with van der Waals surface area (Å²) in [6.07, 6.45) is 3.39. The smallest absolute Gasteiger partial charge is 0.271 e. The molecule has 0 radical (unpaired) electrons. The molecule has 1 amide bonds. The van der Waals surface area contributed by atoms with Gasteiger partial charge in [-0.15, -0.1) is 0 Å². The van der Waals surface area contributed by atoms with Crippen LogP contribution in [0, 0.1) is 11.8 Å². The highest BCUT2D eigenvalue weighted by atomic mass is 16.2. The van der Waals surface area contributed by atoms with Crippen LogP contribution in [-0.4, -0.2) is 21.7 Å². The molecule has 1 saturated carbocycles. The first-order valence-electron chi connectivity index (χ1n) is 6.84. The summed E-state index contributed by atoms with van der Waals surface area (Å²) in [5, 5.41) is 7.02. The number of carbonyl (C=O) groups excluding carboxylic acids is 1. The molecule has 19 heavy (non-hydrogen) atoms. The van der Waals surface area contributed by atoms with Gasteiger partial charge in [-0.2, -0.15) is 5.10 Å². The topological polar surface area (TPSA) is 64.0 Å². The van der Waals surface area contributed by atoms with Gasteiger partial charge in [-0.1, -0.05) is 26.7 Å². The average Bonchev–Trinajstić information content (AvgIpc) is 2.38. The van der Waals surface area contributed by atoms with E-state index in [2.05, 4.69) is 24.3 Å². The van der Waals surface area contributed by atoms with Crippen LogP contribution in [0.15, 0.2) is 16.9 Å². The largest absolute Gasteiger partial charge is 0.348 e. The first-order valence-corrected chi connectivity index (χ1v) is 6.84. The van der Waals surface area contributed by atoms with Gasteiger partial charge in [-0.3, -0.25) is 9.59 Å². The van der Waals surface area contributed by atoms with Crippen LogP contribution in [0.4, 0.5) is 0 Å². The number of hydrogen-bond donors (Lipinski definition) is 1. The Balaban J connectivity index is 2.08. The Morgan fingerprint density at radius 2 is 2.11 bits per heavy atom. The van der Waals surface area contributed by atoms with Crippen LogP contribution >= 0.6 is 0 Å². The first-order chi connectivity index (χ1) is 8.99. The summed E-state index contributed by atoms with van der Waals surface area (Å²) in [7, 11) is 1.55. The van der Waals surface area contributed by atoms with Gasteiger partial charge in [0, 0.05) is 19.2 Å². The predicted octanol–water partition coefficient (Wildman–Crippen LogP) is 1.33. The molecule has 1 fully saturated rings. The Labute approximate surface area is 113 Å². The summed E-state index contributed by atoms with van der Waals surface area (Å²) in [6, 6.07) is 3.05. The van der Waals surface area contributed by atoms with Crippen LogP contribution in [0.3, 0.4) is 0 Å². The third kappa shape index (κ3) is 3.03. The molecule has 1 N–H and O–H groups in total. The van der Waals surface area contributed by atoms with E-state index >= 15 is 0 Å². The second kappa shape index (κ2) is 5.55. The zero-order valence-electron chi connectivity index (χ0n) is 11.7. The number of aromatic nitrogens is 2. The number of nitrogens with one attached hydrogen (secondary N) is 1. The fourth-order valence-electron chi connectivity index (χ4n) is 2.65. The molecule has 1 aliphatic rings. The van der Waals surface area contributed by atoms with Crippen molar-refractivity contribution in [2.45, 2.75) is 39.2 Å². The molecule has 0 aliphatic heterocycles. The van der Waals surface area contributed by atoms with E-state index in [9.17, 15) is 9.59 Å². The van der Waals surface area contributed by atoms with E-state index in [1.807, 2.05) is 0 Å². The van der Waals surface area contributed by atoms with E-state index in [0.29, 0.717) is 17.5 Å². The van der Waals surface area contributed by atoms with Gasteiger partial charge >= 0.3 is 0 Å². The van der Waals surface area contributed by atoms with Crippen molar-refractivity contribution < 1.29 is 4.79 Å². The summed E-state index contributed by atoms with van der Waals surface area (Å²) < 4.78 is 1.18. The molecule has 1 aromatic heterocycles. The maximum Gasteiger partial charge on any atom is 0.271 e. The summed E-state index contributed by atoms with van der Waals surface area (Å²) >= 11 is 0. The van der Waals surface area contributed by atoms with Crippen LogP contribution < -0.4 is 10.9 Å². The summed E-state index contributed by atoms with van der Waals surface area (Å²) in [4.78, 5) is 23.4. The van der Waals surface area contributed by atoms with E-state index in [1.54, 1.807) is 7.05 Å². The molecule has 0 spiro atoms. The number of hydrogen-bond acceptors (Lipinski definition) is 3. The maximum absolute atomic E-state index is 12.1. The zero-order chi connectivity index (χ0) is 14.0. The zero-order valence-corrected chi connectivity index (χ0v) is 11.7. The maximum atomic E-state index is 12.1. The van der Waals surface area contributed by atoms with E-state index in [0.717, 1.165) is 12.8 Å². The van der Waals surface area contributed by atoms with Gasteiger partial charge < -0.3 is 5.32 Å². The molecule has 5 heteroatoms. The van der Waals surface area contributed by atoms with Gasteiger partial charge in [0.15, 0.2) is 0 Å². The van der Waals surface area contributed by atoms with Crippen molar-refractivity contribution in [3.8, 4) is 0 Å². The minimum Gasteiger partial charge on any atom is -0.348 e. The predicted molar refractivity (Wildman–Crippen MR) is 72.9 cm³/mol. The van der Waals surface area contributed by atoms with Gasteiger partial charge in [-0.25, -0.2) is 4.68 Å². The second-order valence-corrected chi connectivity index (χ2v) is 5.53. The standard InChI is InChI=1S/C14H21N3O2/c1-9-5-4-6-11(10(9)2)15-14(19)12-7-8-13(18)17(3)16-12/h7-11H,4-6H2,1-3H3,(H,15,19)/t9-,10+,11-/m0/s1. The normalized spacial score (nSPS) is 27.0. The lowest BCUT2D eigenvalue weighted by atomic mass is 9.78. The van der Waals surface area contributed by atoms with E-state index in [-0.39, 0.29) is 17.5 Å². The van der Waals surface area contributed by atoms with Crippen molar-refractivity contribution in [2.75, 3.05) is 0 Å². The number of carbonyl (C=O) groups is 1. The number of nitrogens with zero attached hydrogens (tertiary/aromatic N) is 2. The van der Waals surface area contributed by atoms with Crippen molar-refractivity contribution in [1.29, 1.82) is 0 Å². The Kier molecular flexibility index (Phi) is 4.02. The Morgan fingerprint density at radius 3 is 2.79 bits per heavy atom. The van der Waals surface area contributed by atoms with Crippen LogP contribution in [0.5, 0.6) is 0 Å². The van der Waals surface area contributed by atoms with Crippen molar-refractivity contribution >= 4 is 5.91 Å². The monoisotopic (exact) mass is 263 g/mol. The van der Waals surface area contributed by atoms with Gasteiger partial charge in [0.1, 0.15) is 5.69 Å². The molecule has 5 nitrogen and oxygen atoms in total. The van der Waals surface area contributed by atoms with Crippen molar-refractivity contribution in [3.05, 3.63) is 28.2 Å². The first kappa shape index (κ1) is 13.8. The van der Waals surface area contributed by atoms with E-state index < -0.39 is 0 Å². The van der Waals surface area contributed by atoms with Crippen molar-refractivity contribution in [1.82, 2.24) is 15.1 Å². The van der Waals surface area contributed by atoms with Crippen LogP contribution in [0.25, 0.3) is 0 Å². The quantitative estimate of drug-likeness (QED) is 0.875. The third-order valence-corrected chi connectivity index (χ3v) is 4.22. The van der Waals surface area contributed by atoms with Crippen molar-refractivity contribution in [2.24, 2.45) is 18.9 Å². The summed E-state index contributed by atoms with van der Waals surface area (Å²) in [5.41, 5.74) is 0.0868. The second-order valence-electron chi connectivity index (χ2n) is 5.53. The van der Waals surface area contributed by atoms with E-state index in [4.69, 9.17) is 0 Å². The molecule has 0 bridgehead atoms. The van der Waals surface area contributed by atoms with Gasteiger partial charge in [0.25, 0.3) is 11.5 Å². The number of amides is 1. The third-order valence-electron chi connectivity index (χ3n) is 4.22. The Bertz CT molecular complexity index is 524. The SMILES string of the molecule is C[C@H]1[C@@H](NC(=O)c2ccc(=O)n(C)n2)CCC[C@@H]1C. The Hall–Kier alpha value is -1.65. The van der Waals surface area contributed by atoms with Gasteiger partial charge in [0.2, 0.25) is 0 Å². The number of rotatable bonds is 2. The van der Waals surface area contributed by atoms with Crippen LogP contribution in [-0.2, 0) is 7.05 Å². The minimum absolute atomic E-state index is 0.193. The minimum atomic E-state index is -0.212. The highest BCUT2D eigenvalue weighted by Gasteiger charge is 2.28. The molecule has 2 rings (SSSR count). The highest BCUT2D eigenvalue weighted by molar-refractivity contribution is 5.92. The number of aryl methyl sites for hydroxylation is 1. The van der Waals surface area contributed by atoms with Gasteiger partial charge in [-0.05, 0) is 24.3 Å². The summed E-state index contributed by atoms with van der Waals surface area (Å²) in [6.45, 7) is 4.41. The molecular weight excluding hydrogens is 242 g/mol. The molecule has 1 aliphatic carbocycles. The van der Waals surface area contributed by atoms with Crippen molar-refractivity contribution in [3.63, 3.8) is 0 Å². The molecule has 1 heterocycles. The molecule has 0 aromatic carbocycles. The summed E-state index contributed by atoms with van der Waals surface area (Å²) in [5.74, 6) is 0.916. The molecular formula is C14H21N3O2. The lowest BCUT2D eigenvalue weighted by Gasteiger charge is -2.34. The van der Waals surface area contributed by atoms with Crippen LogP contribution in [0.1, 0.15) is 43.6 Å². The molecule has 3 atom stereocenters. The molecule has 0 unspecified atom stereocenters. The lowest BCUT2D eigenvalue weighted by Crippen LogP contribution is -2.44. The van der Waals surface area contributed by atoms with Crippen LogP contribution in [0.2, 0.25) is 0 Å². The highest BCUT2D eigenvalue weighted by Crippen LogP contribution is 2.29. The lowest BCUT2D eigenvalue weighted by molar-refractivity contribution is 0.0883.